The molecule has 2 N–H and O–H groups in total. The predicted octanol–water partition coefficient (Wildman–Crippen LogP) is 3.27. The average molecular weight is 421 g/mol. The van der Waals surface area contributed by atoms with Crippen molar-refractivity contribution in [3.63, 3.8) is 0 Å². The van der Waals surface area contributed by atoms with Gasteiger partial charge in [-0.2, -0.15) is 0 Å². The number of carbonyl (C=O) groups excluding carboxylic acids is 1. The van der Waals surface area contributed by atoms with Crippen LogP contribution in [0.15, 0.2) is 48.7 Å². The van der Waals surface area contributed by atoms with Crippen LogP contribution in [0.3, 0.4) is 0 Å². The fourth-order valence-electron chi connectivity index (χ4n) is 3.77. The summed E-state index contributed by atoms with van der Waals surface area (Å²) in [5, 5.41) is 7.29. The fourth-order valence-corrected chi connectivity index (χ4v) is 3.77. The molecule has 0 aliphatic heterocycles. The molecule has 31 heavy (non-hydrogen) atoms. The van der Waals surface area contributed by atoms with Gasteiger partial charge in [0.1, 0.15) is 23.9 Å². The monoisotopic (exact) mass is 421 g/mol. The van der Waals surface area contributed by atoms with E-state index in [1.54, 1.807) is 38.6 Å². The number of ether oxygens (including phenoxy) is 3. The summed E-state index contributed by atoms with van der Waals surface area (Å²) in [7, 11) is 5.06. The second-order valence-corrected chi connectivity index (χ2v) is 7.60. The van der Waals surface area contributed by atoms with Gasteiger partial charge in [-0.3, -0.25) is 9.78 Å². The predicted molar refractivity (Wildman–Crippen MR) is 119 cm³/mol. The van der Waals surface area contributed by atoms with E-state index in [2.05, 4.69) is 15.6 Å². The van der Waals surface area contributed by atoms with Gasteiger partial charge in [-0.25, -0.2) is 0 Å². The van der Waals surface area contributed by atoms with Crippen LogP contribution in [0.25, 0.3) is 10.9 Å². The fraction of sp³-hybridized carbons (Fsp3) is 0.333. The summed E-state index contributed by atoms with van der Waals surface area (Å²) in [4.78, 5) is 17.8. The van der Waals surface area contributed by atoms with Crippen LogP contribution >= 0.6 is 0 Å². The summed E-state index contributed by atoms with van der Waals surface area (Å²) in [6.45, 7) is 1.23. The van der Waals surface area contributed by atoms with Crippen LogP contribution in [-0.4, -0.2) is 45.3 Å². The molecule has 2 aromatic carbocycles. The first-order valence-corrected chi connectivity index (χ1v) is 10.3. The van der Waals surface area contributed by atoms with E-state index in [1.165, 1.54) is 0 Å². The molecule has 162 valence electrons. The largest absolute Gasteiger partial charge is 0.497 e. The second-order valence-electron chi connectivity index (χ2n) is 7.60. The number of rotatable bonds is 9. The SMILES string of the molecule is CNCCOc1ccc(OC)c(C(=O)NC2(c3cc(OC)cc4ncccc34)CC2)c1. The Morgan fingerprint density at radius 2 is 1.94 bits per heavy atom. The Morgan fingerprint density at radius 1 is 1.10 bits per heavy atom. The number of hydrogen-bond donors (Lipinski definition) is 2. The molecule has 1 heterocycles. The number of nitrogens with zero attached hydrogens (tertiary/aromatic N) is 1. The van der Waals surface area contributed by atoms with Crippen molar-refractivity contribution in [3.8, 4) is 17.2 Å². The summed E-state index contributed by atoms with van der Waals surface area (Å²) in [6, 6.07) is 13.1. The lowest BCUT2D eigenvalue weighted by atomic mass is 9.98. The quantitative estimate of drug-likeness (QED) is 0.516. The Bertz CT molecular complexity index is 1100. The van der Waals surface area contributed by atoms with Crippen LogP contribution in [0.5, 0.6) is 17.2 Å². The molecule has 1 fully saturated rings. The molecule has 0 radical (unpaired) electrons. The van der Waals surface area contributed by atoms with Gasteiger partial charge in [-0.15, -0.1) is 0 Å². The van der Waals surface area contributed by atoms with Gasteiger partial charge >= 0.3 is 0 Å². The average Bonchev–Trinajstić information content (AvgIpc) is 3.58. The smallest absolute Gasteiger partial charge is 0.255 e. The summed E-state index contributed by atoms with van der Waals surface area (Å²) in [5.74, 6) is 1.65. The Kier molecular flexibility index (Phi) is 5.95. The van der Waals surface area contributed by atoms with E-state index in [1.807, 2.05) is 31.3 Å². The lowest BCUT2D eigenvalue weighted by Gasteiger charge is -2.21. The Balaban J connectivity index is 1.65. The van der Waals surface area contributed by atoms with Crippen molar-refractivity contribution < 1.29 is 19.0 Å². The topological polar surface area (TPSA) is 81.7 Å². The highest BCUT2D eigenvalue weighted by molar-refractivity contribution is 5.98. The summed E-state index contributed by atoms with van der Waals surface area (Å²) >= 11 is 0. The maximum atomic E-state index is 13.3. The van der Waals surface area contributed by atoms with E-state index >= 15 is 0 Å². The van der Waals surface area contributed by atoms with Crippen LogP contribution < -0.4 is 24.8 Å². The first-order valence-electron chi connectivity index (χ1n) is 10.3. The highest BCUT2D eigenvalue weighted by Crippen LogP contribution is 2.49. The Hall–Kier alpha value is -3.32. The Labute approximate surface area is 181 Å². The van der Waals surface area contributed by atoms with E-state index in [0.717, 1.165) is 35.1 Å². The van der Waals surface area contributed by atoms with Gasteiger partial charge < -0.3 is 24.8 Å². The van der Waals surface area contributed by atoms with Crippen molar-refractivity contribution in [1.29, 1.82) is 0 Å². The van der Waals surface area contributed by atoms with Gasteiger partial charge in [-0.05, 0) is 55.8 Å². The zero-order valence-electron chi connectivity index (χ0n) is 18.0. The molecule has 0 spiro atoms. The lowest BCUT2D eigenvalue weighted by molar-refractivity contribution is 0.0927. The first kappa shape index (κ1) is 20.9. The van der Waals surface area contributed by atoms with E-state index in [0.29, 0.717) is 30.2 Å². The van der Waals surface area contributed by atoms with Crippen molar-refractivity contribution in [2.24, 2.45) is 0 Å². The number of likely N-dealkylation sites (N-methyl/N-ethyl adjacent to an activating group) is 1. The molecule has 3 aromatic rings. The maximum absolute atomic E-state index is 13.3. The molecule has 1 aliphatic carbocycles. The van der Waals surface area contributed by atoms with Crippen LogP contribution in [0.1, 0.15) is 28.8 Å². The summed E-state index contributed by atoms with van der Waals surface area (Å²) < 4.78 is 16.6. The van der Waals surface area contributed by atoms with E-state index < -0.39 is 5.54 Å². The molecule has 7 heteroatoms. The van der Waals surface area contributed by atoms with E-state index in [9.17, 15) is 4.79 Å². The zero-order chi connectivity index (χ0) is 21.8. The third-order valence-corrected chi connectivity index (χ3v) is 5.58. The highest BCUT2D eigenvalue weighted by Gasteiger charge is 2.47. The minimum absolute atomic E-state index is 0.201. The maximum Gasteiger partial charge on any atom is 0.255 e. The molecule has 0 unspecified atom stereocenters. The first-order chi connectivity index (χ1) is 15.1. The van der Waals surface area contributed by atoms with Gasteiger partial charge in [0.05, 0.1) is 30.8 Å². The number of benzene rings is 2. The standard InChI is InChI=1S/C24H27N3O4/c1-25-11-12-31-16-6-7-22(30-3)19(13-16)23(28)27-24(8-9-24)20-14-17(29-2)15-21-18(20)5-4-10-26-21/h4-7,10,13-15,25H,8-9,11-12H2,1-3H3,(H,27,28). The number of aromatic nitrogens is 1. The molecule has 4 rings (SSSR count). The van der Waals surface area contributed by atoms with Crippen molar-refractivity contribution >= 4 is 16.8 Å². The van der Waals surface area contributed by atoms with Gasteiger partial charge in [0.2, 0.25) is 0 Å². The summed E-state index contributed by atoms with van der Waals surface area (Å²) in [5.41, 5.74) is 1.85. The number of carbonyl (C=O) groups is 1. The van der Waals surface area contributed by atoms with Gasteiger partial charge in [0.25, 0.3) is 5.91 Å². The number of fused-ring (bicyclic) bond motifs is 1. The van der Waals surface area contributed by atoms with Gasteiger partial charge in [-0.1, -0.05) is 6.07 Å². The van der Waals surface area contributed by atoms with Crippen molar-refractivity contribution in [3.05, 3.63) is 59.8 Å². The van der Waals surface area contributed by atoms with Crippen LogP contribution in [0.4, 0.5) is 0 Å². The highest BCUT2D eigenvalue weighted by atomic mass is 16.5. The molecule has 0 bridgehead atoms. The van der Waals surface area contributed by atoms with Crippen LogP contribution in [0, 0.1) is 0 Å². The summed E-state index contributed by atoms with van der Waals surface area (Å²) in [6.07, 6.45) is 3.45. The second kappa shape index (κ2) is 8.81. The molecule has 0 saturated heterocycles. The molecule has 1 saturated carbocycles. The third kappa shape index (κ3) is 4.27. The van der Waals surface area contributed by atoms with Gasteiger partial charge in [0.15, 0.2) is 0 Å². The number of hydrogen-bond acceptors (Lipinski definition) is 6. The number of pyridine rings is 1. The Morgan fingerprint density at radius 3 is 2.65 bits per heavy atom. The lowest BCUT2D eigenvalue weighted by Crippen LogP contribution is -2.35. The van der Waals surface area contributed by atoms with Gasteiger partial charge in [0, 0.05) is 24.2 Å². The van der Waals surface area contributed by atoms with Crippen molar-refractivity contribution in [1.82, 2.24) is 15.6 Å². The van der Waals surface area contributed by atoms with Crippen molar-refractivity contribution in [2.45, 2.75) is 18.4 Å². The van der Waals surface area contributed by atoms with Crippen molar-refractivity contribution in [2.75, 3.05) is 34.4 Å². The third-order valence-electron chi connectivity index (χ3n) is 5.58. The van der Waals surface area contributed by atoms with E-state index in [-0.39, 0.29) is 5.91 Å². The van der Waals surface area contributed by atoms with E-state index in [4.69, 9.17) is 14.2 Å². The molecular weight excluding hydrogens is 394 g/mol. The van der Waals surface area contributed by atoms with Crippen LogP contribution in [-0.2, 0) is 5.54 Å². The number of nitrogens with one attached hydrogen (secondary N) is 2. The number of methoxy groups -OCH3 is 2. The molecular formula is C24H27N3O4. The zero-order valence-corrected chi connectivity index (χ0v) is 18.0. The molecule has 1 aliphatic rings. The minimum Gasteiger partial charge on any atom is -0.497 e. The number of amides is 1. The molecule has 7 nitrogen and oxygen atoms in total. The minimum atomic E-state index is -0.457. The molecule has 0 atom stereocenters. The van der Waals surface area contributed by atoms with Crippen LogP contribution in [0.2, 0.25) is 0 Å². The molecule has 1 amide bonds. The normalized spacial score (nSPS) is 14.2. The molecule has 1 aromatic heterocycles.